The lowest BCUT2D eigenvalue weighted by Crippen LogP contribution is -2.27. The van der Waals surface area contributed by atoms with Gasteiger partial charge in [0.1, 0.15) is 5.75 Å². The van der Waals surface area contributed by atoms with Crippen LogP contribution in [0.15, 0.2) is 18.3 Å². The summed E-state index contributed by atoms with van der Waals surface area (Å²) < 4.78 is 51.1. The molecule has 0 aliphatic heterocycles. The molecule has 10 heteroatoms. The van der Waals surface area contributed by atoms with Gasteiger partial charge >= 0.3 is 6.18 Å². The number of aromatic amines is 1. The zero-order valence-corrected chi connectivity index (χ0v) is 17.5. The predicted octanol–water partition coefficient (Wildman–Crippen LogP) is 3.82. The van der Waals surface area contributed by atoms with Crippen LogP contribution >= 0.6 is 11.6 Å². The molecule has 2 aromatic rings. The van der Waals surface area contributed by atoms with E-state index in [1.165, 1.54) is 6.07 Å². The van der Waals surface area contributed by atoms with Crippen LogP contribution in [0.4, 0.5) is 13.2 Å². The van der Waals surface area contributed by atoms with Crippen molar-refractivity contribution < 1.29 is 22.6 Å². The monoisotopic (exact) mass is 434 g/mol. The van der Waals surface area contributed by atoms with Crippen molar-refractivity contribution in [2.45, 2.75) is 19.1 Å². The molecule has 2 N–H and O–H groups in total. The molecule has 29 heavy (non-hydrogen) atoms. The molecule has 0 aliphatic rings. The average molecular weight is 435 g/mol. The third-order valence-corrected chi connectivity index (χ3v) is 4.66. The Morgan fingerprint density at radius 3 is 2.69 bits per heavy atom. The van der Waals surface area contributed by atoms with Crippen molar-refractivity contribution in [2.24, 2.45) is 0 Å². The molecule has 162 valence electrons. The maximum absolute atomic E-state index is 13.5. The first-order chi connectivity index (χ1) is 13.8. The number of halogens is 4. The minimum Gasteiger partial charge on any atom is -0.492 e. The van der Waals surface area contributed by atoms with Crippen LogP contribution in [-0.2, 0) is 17.5 Å². The maximum atomic E-state index is 13.5. The van der Waals surface area contributed by atoms with Crippen molar-refractivity contribution in [3.8, 4) is 17.0 Å². The van der Waals surface area contributed by atoms with E-state index in [-0.39, 0.29) is 12.4 Å². The lowest BCUT2D eigenvalue weighted by Gasteiger charge is -2.18. The summed E-state index contributed by atoms with van der Waals surface area (Å²) in [5.74, 6) is -0.0231. The molecule has 0 saturated carbocycles. The van der Waals surface area contributed by atoms with Gasteiger partial charge in [0.15, 0.2) is 0 Å². The summed E-state index contributed by atoms with van der Waals surface area (Å²) in [6.45, 7) is 2.73. The quantitative estimate of drug-likeness (QED) is 0.526. The van der Waals surface area contributed by atoms with Crippen molar-refractivity contribution in [1.82, 2.24) is 20.4 Å². The first-order valence-corrected chi connectivity index (χ1v) is 9.54. The highest BCUT2D eigenvalue weighted by Gasteiger charge is 2.35. The van der Waals surface area contributed by atoms with Gasteiger partial charge in [0.2, 0.25) is 0 Å². The fourth-order valence-electron chi connectivity index (χ4n) is 2.79. The van der Waals surface area contributed by atoms with Crippen LogP contribution in [-0.4, -0.2) is 62.6 Å². The van der Waals surface area contributed by atoms with Gasteiger partial charge in [-0.15, -0.1) is 0 Å². The van der Waals surface area contributed by atoms with E-state index < -0.39 is 16.8 Å². The molecule has 1 aromatic carbocycles. The van der Waals surface area contributed by atoms with Gasteiger partial charge in [-0.3, -0.25) is 5.10 Å². The van der Waals surface area contributed by atoms with Gasteiger partial charge in [-0.25, -0.2) is 0 Å². The molecule has 0 bridgehead atoms. The summed E-state index contributed by atoms with van der Waals surface area (Å²) in [7, 11) is 5.33. The number of nitrogens with one attached hydrogen (secondary N) is 2. The summed E-state index contributed by atoms with van der Waals surface area (Å²) in [5.41, 5.74) is 0.562. The number of H-pyrrole nitrogens is 1. The van der Waals surface area contributed by atoms with Crippen molar-refractivity contribution >= 4 is 11.6 Å². The largest absolute Gasteiger partial charge is 0.492 e. The molecule has 6 nitrogen and oxygen atoms in total. The van der Waals surface area contributed by atoms with E-state index in [1.807, 2.05) is 19.0 Å². The first kappa shape index (κ1) is 23.5. The van der Waals surface area contributed by atoms with E-state index in [1.54, 1.807) is 13.3 Å². The van der Waals surface area contributed by atoms with Crippen LogP contribution in [0, 0.1) is 0 Å². The van der Waals surface area contributed by atoms with E-state index >= 15 is 0 Å². The van der Waals surface area contributed by atoms with Gasteiger partial charge in [-0.05, 0) is 26.2 Å². The van der Waals surface area contributed by atoms with E-state index in [9.17, 15) is 13.2 Å². The van der Waals surface area contributed by atoms with Crippen LogP contribution in [0.3, 0.4) is 0 Å². The van der Waals surface area contributed by atoms with E-state index in [2.05, 4.69) is 15.5 Å². The molecule has 0 amide bonds. The van der Waals surface area contributed by atoms with E-state index in [0.717, 1.165) is 24.7 Å². The average Bonchev–Trinajstić information content (AvgIpc) is 3.11. The minimum atomic E-state index is -4.61. The highest BCUT2D eigenvalue weighted by Crippen LogP contribution is 2.42. The second kappa shape index (κ2) is 10.8. The molecular weight excluding hydrogens is 409 g/mol. The number of likely N-dealkylation sites (N-methyl/N-ethyl adjacent to an activating group) is 2. The zero-order chi connectivity index (χ0) is 21.4. The topological polar surface area (TPSA) is 62.4 Å². The van der Waals surface area contributed by atoms with E-state index in [0.29, 0.717) is 30.8 Å². The van der Waals surface area contributed by atoms with Crippen LogP contribution in [0.2, 0.25) is 5.02 Å². The Kier molecular flexibility index (Phi) is 8.76. The van der Waals surface area contributed by atoms with Gasteiger partial charge in [-0.1, -0.05) is 11.6 Å². The number of methoxy groups -OCH3 is 1. The lowest BCUT2D eigenvalue weighted by molar-refractivity contribution is -0.137. The molecule has 0 fully saturated rings. The Morgan fingerprint density at radius 2 is 2.03 bits per heavy atom. The molecule has 0 unspecified atom stereocenters. The summed E-state index contributed by atoms with van der Waals surface area (Å²) in [5, 5.41) is 9.52. The van der Waals surface area contributed by atoms with Crippen molar-refractivity contribution in [1.29, 1.82) is 0 Å². The fourth-order valence-corrected chi connectivity index (χ4v) is 3.06. The maximum Gasteiger partial charge on any atom is 0.418 e. The molecule has 0 saturated heterocycles. The second-order valence-corrected chi connectivity index (χ2v) is 7.01. The fraction of sp³-hybridized carbons (Fsp3) is 0.526. The molecule has 1 aromatic heterocycles. The van der Waals surface area contributed by atoms with Gasteiger partial charge in [0.25, 0.3) is 0 Å². The van der Waals surface area contributed by atoms with Crippen LogP contribution < -0.4 is 10.1 Å². The summed E-state index contributed by atoms with van der Waals surface area (Å²) in [6, 6.07) is 2.51. The summed E-state index contributed by atoms with van der Waals surface area (Å²) in [4.78, 5) is 2.05. The number of alkyl halides is 3. The third kappa shape index (κ3) is 6.60. The Morgan fingerprint density at radius 1 is 1.28 bits per heavy atom. The van der Waals surface area contributed by atoms with Gasteiger partial charge < -0.3 is 19.7 Å². The number of hydrogen-bond acceptors (Lipinski definition) is 5. The molecule has 0 aliphatic carbocycles. The Labute approximate surface area is 173 Å². The normalized spacial score (nSPS) is 12.0. The van der Waals surface area contributed by atoms with Crippen LogP contribution in [0.1, 0.15) is 17.5 Å². The summed E-state index contributed by atoms with van der Waals surface area (Å²) in [6.07, 6.45) is -2.40. The van der Waals surface area contributed by atoms with E-state index in [4.69, 9.17) is 21.1 Å². The number of hydrogen-bond donors (Lipinski definition) is 2. The molecule has 1 heterocycles. The summed E-state index contributed by atoms with van der Waals surface area (Å²) >= 11 is 6.00. The minimum absolute atomic E-state index is 0.0231. The van der Waals surface area contributed by atoms with Crippen LogP contribution in [0.5, 0.6) is 5.75 Å². The predicted molar refractivity (Wildman–Crippen MR) is 106 cm³/mol. The lowest BCUT2D eigenvalue weighted by atomic mass is 10.0. The smallest absolute Gasteiger partial charge is 0.418 e. The standard InChI is InChI=1S/C19H26ClF3N4O2/c1-24-5-6-27(2)12-14-11-25-26-18(14)13-9-15(19(21,22)23)17(20)16(10-13)29-8-4-7-28-3/h9-11,24H,4-8,12H2,1-3H3,(H,25,26). The molecule has 2 rings (SSSR count). The Balaban J connectivity index is 2.36. The van der Waals surface area contributed by atoms with Gasteiger partial charge in [0, 0.05) is 57.1 Å². The first-order valence-electron chi connectivity index (χ1n) is 9.16. The van der Waals surface area contributed by atoms with Gasteiger partial charge in [0.05, 0.1) is 22.9 Å². The van der Waals surface area contributed by atoms with Crippen molar-refractivity contribution in [3.63, 3.8) is 0 Å². The molecule has 0 radical (unpaired) electrons. The highest BCUT2D eigenvalue weighted by atomic mass is 35.5. The number of benzene rings is 1. The third-order valence-electron chi connectivity index (χ3n) is 4.27. The highest BCUT2D eigenvalue weighted by molar-refractivity contribution is 6.33. The number of ether oxygens (including phenoxy) is 2. The number of aromatic nitrogens is 2. The van der Waals surface area contributed by atoms with Gasteiger partial charge in [-0.2, -0.15) is 18.3 Å². The SMILES string of the molecule is CNCCN(C)Cc1c[nH]nc1-c1cc(OCCCOC)c(Cl)c(C(F)(F)F)c1. The van der Waals surface area contributed by atoms with Crippen molar-refractivity contribution in [3.05, 3.63) is 34.5 Å². The Bertz CT molecular complexity index is 783. The zero-order valence-electron chi connectivity index (χ0n) is 16.7. The van der Waals surface area contributed by atoms with Crippen molar-refractivity contribution in [2.75, 3.05) is 47.5 Å². The van der Waals surface area contributed by atoms with Crippen LogP contribution in [0.25, 0.3) is 11.3 Å². The molecular formula is C19H26ClF3N4O2. The number of rotatable bonds is 11. The number of nitrogens with zero attached hydrogens (tertiary/aromatic N) is 2. The second-order valence-electron chi connectivity index (χ2n) is 6.63. The molecule has 0 atom stereocenters. The molecule has 0 spiro atoms. The Hall–Kier alpha value is -1.81.